The molecular formula is C30H25BO3S. The predicted octanol–water partition coefficient (Wildman–Crippen LogP) is 7.92. The molecule has 5 heteroatoms. The van der Waals surface area contributed by atoms with Gasteiger partial charge in [-0.15, -0.1) is 11.3 Å². The average Bonchev–Trinajstić information content (AvgIpc) is 3.47. The smallest absolute Gasteiger partial charge is 0.455 e. The normalized spacial score (nSPS) is 17.3. The topological polar surface area (TPSA) is 31.6 Å². The minimum absolute atomic E-state index is 0.413. The highest BCUT2D eigenvalue weighted by molar-refractivity contribution is 7.25. The van der Waals surface area contributed by atoms with Crippen LogP contribution in [0, 0.1) is 0 Å². The van der Waals surface area contributed by atoms with Crippen LogP contribution in [0.4, 0.5) is 0 Å². The summed E-state index contributed by atoms with van der Waals surface area (Å²) in [6, 6.07) is 27.8. The average molecular weight is 476 g/mol. The second kappa shape index (κ2) is 7.20. The van der Waals surface area contributed by atoms with Gasteiger partial charge in [0, 0.05) is 36.5 Å². The van der Waals surface area contributed by atoms with Crippen LogP contribution in [0.3, 0.4) is 0 Å². The van der Waals surface area contributed by atoms with Crippen molar-refractivity contribution in [2.75, 3.05) is 0 Å². The van der Waals surface area contributed by atoms with Crippen LogP contribution in [0.15, 0.2) is 83.3 Å². The van der Waals surface area contributed by atoms with E-state index in [-0.39, 0.29) is 0 Å². The lowest BCUT2D eigenvalue weighted by Crippen LogP contribution is -2.41. The molecule has 3 heterocycles. The van der Waals surface area contributed by atoms with Crippen molar-refractivity contribution >= 4 is 66.0 Å². The van der Waals surface area contributed by atoms with Gasteiger partial charge < -0.3 is 13.7 Å². The first kappa shape index (κ1) is 21.2. The Morgan fingerprint density at radius 1 is 0.629 bits per heavy atom. The SMILES string of the molecule is CC1(C)OB(c2ccc(-c3cccc4sc5ccccc5c34)c3oc4ccccc4c23)OC1(C)C. The van der Waals surface area contributed by atoms with Crippen molar-refractivity contribution in [3.8, 4) is 11.1 Å². The van der Waals surface area contributed by atoms with Crippen LogP contribution in [0.25, 0.3) is 53.2 Å². The van der Waals surface area contributed by atoms with Crippen LogP contribution in [0.2, 0.25) is 0 Å². The fourth-order valence-electron chi connectivity index (χ4n) is 5.23. The third kappa shape index (κ3) is 2.99. The van der Waals surface area contributed by atoms with Gasteiger partial charge in [0.05, 0.1) is 11.2 Å². The summed E-state index contributed by atoms with van der Waals surface area (Å²) in [6.07, 6.45) is 0. The highest BCUT2D eigenvalue weighted by atomic mass is 32.1. The Kier molecular flexibility index (Phi) is 4.36. The van der Waals surface area contributed by atoms with Crippen LogP contribution >= 0.6 is 11.3 Å². The molecule has 1 aliphatic rings. The van der Waals surface area contributed by atoms with Gasteiger partial charge in [-0.05, 0) is 56.9 Å². The zero-order chi connectivity index (χ0) is 23.9. The molecule has 35 heavy (non-hydrogen) atoms. The molecule has 0 spiro atoms. The van der Waals surface area contributed by atoms with Crippen molar-refractivity contribution in [1.29, 1.82) is 0 Å². The number of fused-ring (bicyclic) bond motifs is 6. The highest BCUT2D eigenvalue weighted by Gasteiger charge is 2.52. The lowest BCUT2D eigenvalue weighted by molar-refractivity contribution is 0.00578. The van der Waals surface area contributed by atoms with Crippen LogP contribution < -0.4 is 5.46 Å². The number of furan rings is 1. The van der Waals surface area contributed by atoms with Crippen molar-refractivity contribution in [2.24, 2.45) is 0 Å². The van der Waals surface area contributed by atoms with Crippen molar-refractivity contribution in [2.45, 2.75) is 38.9 Å². The lowest BCUT2D eigenvalue weighted by Gasteiger charge is -2.32. The van der Waals surface area contributed by atoms with Crippen LogP contribution in [-0.4, -0.2) is 18.3 Å². The summed E-state index contributed by atoms with van der Waals surface area (Å²) in [4.78, 5) is 0. The van der Waals surface area contributed by atoms with Crippen molar-refractivity contribution in [3.63, 3.8) is 0 Å². The monoisotopic (exact) mass is 476 g/mol. The largest absolute Gasteiger partial charge is 0.495 e. The summed E-state index contributed by atoms with van der Waals surface area (Å²) in [6.45, 7) is 8.37. The van der Waals surface area contributed by atoms with Crippen molar-refractivity contribution in [3.05, 3.63) is 78.9 Å². The Morgan fingerprint density at radius 2 is 1.31 bits per heavy atom. The van der Waals surface area contributed by atoms with Gasteiger partial charge in [0.15, 0.2) is 0 Å². The molecule has 1 saturated heterocycles. The molecule has 4 aromatic carbocycles. The Bertz CT molecular complexity index is 1760. The second-order valence-corrected chi connectivity index (χ2v) is 11.5. The quantitative estimate of drug-likeness (QED) is 0.238. The molecule has 0 amide bonds. The molecule has 1 fully saturated rings. The third-order valence-electron chi connectivity index (χ3n) is 7.76. The van der Waals surface area contributed by atoms with E-state index in [1.807, 2.05) is 23.5 Å². The molecule has 0 N–H and O–H groups in total. The zero-order valence-corrected chi connectivity index (χ0v) is 21.0. The number of benzene rings is 4. The van der Waals surface area contributed by atoms with E-state index in [1.54, 1.807) is 0 Å². The fraction of sp³-hybridized carbons (Fsp3) is 0.200. The van der Waals surface area contributed by atoms with E-state index in [1.165, 1.54) is 25.7 Å². The summed E-state index contributed by atoms with van der Waals surface area (Å²) in [5.41, 5.74) is 4.20. The molecule has 0 radical (unpaired) electrons. The first-order valence-corrected chi connectivity index (χ1v) is 12.9. The molecular weight excluding hydrogens is 451 g/mol. The molecule has 2 aromatic heterocycles. The molecule has 0 saturated carbocycles. The minimum Gasteiger partial charge on any atom is -0.455 e. The summed E-state index contributed by atoms with van der Waals surface area (Å²) in [5.74, 6) is 0. The number of thiophene rings is 1. The maximum atomic E-state index is 6.57. The molecule has 7 rings (SSSR count). The van der Waals surface area contributed by atoms with E-state index in [9.17, 15) is 0 Å². The van der Waals surface area contributed by atoms with Gasteiger partial charge in [-0.25, -0.2) is 0 Å². The molecule has 0 atom stereocenters. The Hall–Kier alpha value is -3.12. The molecule has 3 nitrogen and oxygen atoms in total. The van der Waals surface area contributed by atoms with E-state index in [0.717, 1.165) is 33.0 Å². The fourth-order valence-corrected chi connectivity index (χ4v) is 6.36. The summed E-state index contributed by atoms with van der Waals surface area (Å²) in [7, 11) is -0.463. The van der Waals surface area contributed by atoms with Crippen molar-refractivity contribution in [1.82, 2.24) is 0 Å². The van der Waals surface area contributed by atoms with E-state index >= 15 is 0 Å². The van der Waals surface area contributed by atoms with Gasteiger partial charge in [0.1, 0.15) is 11.2 Å². The number of para-hydroxylation sites is 1. The minimum atomic E-state index is -0.463. The maximum Gasteiger partial charge on any atom is 0.495 e. The van der Waals surface area contributed by atoms with Gasteiger partial charge in [-0.3, -0.25) is 0 Å². The van der Waals surface area contributed by atoms with E-state index in [4.69, 9.17) is 13.7 Å². The predicted molar refractivity (Wildman–Crippen MR) is 148 cm³/mol. The van der Waals surface area contributed by atoms with Crippen LogP contribution in [-0.2, 0) is 9.31 Å². The third-order valence-corrected chi connectivity index (χ3v) is 8.89. The van der Waals surface area contributed by atoms with Crippen molar-refractivity contribution < 1.29 is 13.7 Å². The van der Waals surface area contributed by atoms with Crippen LogP contribution in [0.5, 0.6) is 0 Å². The van der Waals surface area contributed by atoms with Gasteiger partial charge in [0.2, 0.25) is 0 Å². The number of hydrogen-bond donors (Lipinski definition) is 0. The summed E-state index contributed by atoms with van der Waals surface area (Å²) < 4.78 is 22.1. The first-order chi connectivity index (χ1) is 16.8. The van der Waals surface area contributed by atoms with E-state index < -0.39 is 18.3 Å². The Balaban J connectivity index is 1.54. The van der Waals surface area contributed by atoms with Gasteiger partial charge >= 0.3 is 7.12 Å². The first-order valence-electron chi connectivity index (χ1n) is 12.0. The molecule has 1 aliphatic heterocycles. The molecule has 6 aromatic rings. The van der Waals surface area contributed by atoms with Crippen LogP contribution in [0.1, 0.15) is 27.7 Å². The van der Waals surface area contributed by atoms with Gasteiger partial charge in [0.25, 0.3) is 0 Å². The zero-order valence-electron chi connectivity index (χ0n) is 20.2. The molecule has 0 aliphatic carbocycles. The van der Waals surface area contributed by atoms with Gasteiger partial charge in [-0.1, -0.05) is 60.7 Å². The summed E-state index contributed by atoms with van der Waals surface area (Å²) in [5, 5.41) is 4.70. The summed E-state index contributed by atoms with van der Waals surface area (Å²) >= 11 is 1.83. The Morgan fingerprint density at radius 3 is 2.11 bits per heavy atom. The van der Waals surface area contributed by atoms with Gasteiger partial charge in [-0.2, -0.15) is 0 Å². The number of rotatable bonds is 2. The van der Waals surface area contributed by atoms with E-state index in [0.29, 0.717) is 0 Å². The Labute approximate surface area is 208 Å². The number of hydrogen-bond acceptors (Lipinski definition) is 4. The van der Waals surface area contributed by atoms with E-state index in [2.05, 4.69) is 94.4 Å². The second-order valence-electron chi connectivity index (χ2n) is 10.4. The maximum absolute atomic E-state index is 6.57. The molecule has 172 valence electrons. The molecule has 0 unspecified atom stereocenters. The molecule has 0 bridgehead atoms. The lowest BCUT2D eigenvalue weighted by atomic mass is 9.75. The highest BCUT2D eigenvalue weighted by Crippen LogP contribution is 2.44. The standard InChI is InChI=1S/C30H25BO3S/c1-29(2)30(3,4)34-31(33-29)22-17-16-19(28-27(22)20-10-5-7-13-23(20)32-28)18-12-9-15-25-26(18)21-11-6-8-14-24(21)35-25/h5-17H,1-4H3.